The van der Waals surface area contributed by atoms with E-state index >= 15 is 0 Å². The van der Waals surface area contributed by atoms with Gasteiger partial charge in [0, 0.05) is 17.8 Å². The molecular weight excluding hydrogens is 494 g/mol. The van der Waals surface area contributed by atoms with Gasteiger partial charge in [0.15, 0.2) is 17.0 Å². The summed E-state index contributed by atoms with van der Waals surface area (Å²) in [6.45, 7) is 3.25. The molecule has 0 fully saturated rings. The molecule has 0 aliphatic rings. The number of rotatable bonds is 10. The molecule has 2 unspecified atom stereocenters. The number of anilines is 3. The highest BCUT2D eigenvalue weighted by Crippen LogP contribution is 2.55. The molecule has 1 aromatic carbocycles. The highest BCUT2D eigenvalue weighted by atomic mass is 35.5. The molecular formula is C18H23ClN6O6P2. The van der Waals surface area contributed by atoms with Crippen LogP contribution in [0.5, 0.6) is 0 Å². The Labute approximate surface area is 195 Å². The smallest absolute Gasteiger partial charge is 0.349 e. The standard InChI is InChI=1S/C18H23ClN6O6P2/c1-10(2)13(8-31-18(26,32-27)33(28,29)30)22-17-23-15(14-16(24-17)25(3)9-20-14)21-12-6-4-5-11(19)7-12/h4-7,9-10,13,26H,8H2,1-3H3,(H2,28,29,30)(H2,21,22,23,24). The Balaban J connectivity index is 1.90. The van der Waals surface area contributed by atoms with Crippen LogP contribution in [-0.2, 0) is 20.9 Å². The Kier molecular flexibility index (Phi) is 7.70. The van der Waals surface area contributed by atoms with Gasteiger partial charge in [-0.1, -0.05) is 31.5 Å². The number of hydrogen-bond acceptors (Lipinski definition) is 9. The summed E-state index contributed by atoms with van der Waals surface area (Å²) in [5, 5.41) is 13.5. The van der Waals surface area contributed by atoms with Crippen LogP contribution in [0.15, 0.2) is 30.6 Å². The molecule has 0 aliphatic heterocycles. The number of nitrogens with zero attached hydrogens (tertiary/aromatic N) is 4. The molecule has 2 heterocycles. The van der Waals surface area contributed by atoms with E-state index < -0.39 is 34.0 Å². The van der Waals surface area contributed by atoms with Crippen molar-refractivity contribution in [1.82, 2.24) is 19.5 Å². The molecule has 178 valence electrons. The second kappa shape index (κ2) is 9.99. The lowest BCUT2D eigenvalue weighted by molar-refractivity contribution is -0.0925. The molecule has 5 N–H and O–H groups in total. The summed E-state index contributed by atoms with van der Waals surface area (Å²) in [6, 6.07) is 6.45. The maximum absolute atomic E-state index is 11.5. The van der Waals surface area contributed by atoms with Crippen LogP contribution in [0.2, 0.25) is 5.02 Å². The number of ether oxygens (including phenoxy) is 1. The molecule has 0 spiro atoms. The van der Waals surface area contributed by atoms with Crippen molar-refractivity contribution < 1.29 is 28.8 Å². The number of hydrogen-bond donors (Lipinski definition) is 5. The molecule has 2 atom stereocenters. The third kappa shape index (κ3) is 5.85. The minimum absolute atomic E-state index is 0.149. The summed E-state index contributed by atoms with van der Waals surface area (Å²) in [5.74, 6) is 0.431. The Bertz CT molecular complexity index is 1200. The van der Waals surface area contributed by atoms with Crippen molar-refractivity contribution in [3.05, 3.63) is 35.6 Å². The van der Waals surface area contributed by atoms with E-state index in [9.17, 15) is 24.0 Å². The van der Waals surface area contributed by atoms with Crippen molar-refractivity contribution in [2.75, 3.05) is 17.2 Å². The van der Waals surface area contributed by atoms with Crippen molar-refractivity contribution in [2.24, 2.45) is 13.0 Å². The molecule has 0 bridgehead atoms. The summed E-state index contributed by atoms with van der Waals surface area (Å²) in [6.07, 6.45) is 1.59. The zero-order chi connectivity index (χ0) is 24.4. The Hall–Kier alpha value is -2.17. The molecule has 3 aromatic rings. The third-order valence-corrected chi connectivity index (χ3v) is 7.24. The van der Waals surface area contributed by atoms with E-state index in [4.69, 9.17) is 16.3 Å². The normalized spacial score (nSPS) is 15.0. The summed E-state index contributed by atoms with van der Waals surface area (Å²) >= 11 is 6.07. The van der Waals surface area contributed by atoms with Crippen LogP contribution in [0.3, 0.4) is 0 Å². The van der Waals surface area contributed by atoms with E-state index in [1.165, 1.54) is 0 Å². The second-order valence-electron chi connectivity index (χ2n) is 7.57. The van der Waals surface area contributed by atoms with Gasteiger partial charge in [0.25, 0.3) is 0 Å². The van der Waals surface area contributed by atoms with Crippen LogP contribution >= 0.6 is 27.7 Å². The Morgan fingerprint density at radius 2 is 2.06 bits per heavy atom. The summed E-state index contributed by atoms with van der Waals surface area (Å²) in [4.78, 5) is 31.8. The van der Waals surface area contributed by atoms with E-state index in [0.717, 1.165) is 0 Å². The minimum Gasteiger partial charge on any atom is -0.349 e. The molecule has 12 nitrogen and oxygen atoms in total. The van der Waals surface area contributed by atoms with Crippen molar-refractivity contribution >= 4 is 56.3 Å². The number of benzene rings is 1. The molecule has 33 heavy (non-hydrogen) atoms. The van der Waals surface area contributed by atoms with Crippen molar-refractivity contribution in [3.8, 4) is 0 Å². The second-order valence-corrected chi connectivity index (χ2v) is 10.8. The SMILES string of the molecule is CC(C)C(COC(O)(P=O)P(=O)(O)O)Nc1nc(Nc2cccc(Cl)c2)c2ncn(C)c2n1. The average molecular weight is 517 g/mol. The van der Waals surface area contributed by atoms with E-state index in [1.807, 2.05) is 19.9 Å². The zero-order valence-corrected chi connectivity index (χ0v) is 20.4. The van der Waals surface area contributed by atoms with E-state index in [0.29, 0.717) is 27.7 Å². The fourth-order valence-electron chi connectivity index (χ4n) is 2.79. The quantitative estimate of drug-likeness (QED) is 0.198. The van der Waals surface area contributed by atoms with Gasteiger partial charge in [-0.3, -0.25) is 9.13 Å². The van der Waals surface area contributed by atoms with Gasteiger partial charge in [-0.2, -0.15) is 9.97 Å². The third-order valence-electron chi connectivity index (χ3n) is 4.72. The lowest BCUT2D eigenvalue weighted by Gasteiger charge is -2.27. The average Bonchev–Trinajstić information content (AvgIpc) is 3.11. The Morgan fingerprint density at radius 1 is 1.33 bits per heavy atom. The van der Waals surface area contributed by atoms with Gasteiger partial charge in [0.2, 0.25) is 14.4 Å². The minimum atomic E-state index is -5.22. The van der Waals surface area contributed by atoms with Crippen LogP contribution in [0, 0.1) is 5.92 Å². The van der Waals surface area contributed by atoms with Gasteiger partial charge in [-0.15, -0.1) is 0 Å². The van der Waals surface area contributed by atoms with Crippen LogP contribution in [0.4, 0.5) is 17.5 Å². The van der Waals surface area contributed by atoms with Gasteiger partial charge in [-0.05, 0) is 24.1 Å². The number of imidazole rings is 1. The summed E-state index contributed by atoms with van der Waals surface area (Å²) in [5.41, 5.74) is 1.72. The fraction of sp³-hybridized carbons (Fsp3) is 0.389. The van der Waals surface area contributed by atoms with Crippen LogP contribution in [0.1, 0.15) is 13.8 Å². The van der Waals surface area contributed by atoms with Crippen LogP contribution in [0.25, 0.3) is 11.2 Å². The molecule has 0 saturated heterocycles. The number of fused-ring (bicyclic) bond motifs is 1. The molecule has 0 radical (unpaired) electrons. The van der Waals surface area contributed by atoms with Gasteiger partial charge in [0.1, 0.15) is 0 Å². The van der Waals surface area contributed by atoms with E-state index in [-0.39, 0.29) is 11.9 Å². The van der Waals surface area contributed by atoms with Gasteiger partial charge in [0.05, 0.1) is 19.0 Å². The van der Waals surface area contributed by atoms with Crippen molar-refractivity contribution in [2.45, 2.75) is 25.2 Å². The maximum Gasteiger partial charge on any atom is 0.397 e. The molecule has 3 rings (SSSR count). The first-order valence-electron chi connectivity index (χ1n) is 9.68. The first-order chi connectivity index (χ1) is 15.4. The summed E-state index contributed by atoms with van der Waals surface area (Å²) < 4.78 is 29.3. The highest BCUT2D eigenvalue weighted by Gasteiger charge is 2.49. The van der Waals surface area contributed by atoms with Crippen LogP contribution in [-0.4, -0.2) is 52.3 Å². The lowest BCUT2D eigenvalue weighted by atomic mass is 10.1. The maximum atomic E-state index is 11.5. The zero-order valence-electron chi connectivity index (χ0n) is 17.9. The number of nitrogens with one attached hydrogen (secondary N) is 2. The van der Waals surface area contributed by atoms with E-state index in [1.54, 1.807) is 36.1 Å². The topological polar surface area (TPSA) is 172 Å². The largest absolute Gasteiger partial charge is 0.397 e. The number of aromatic nitrogens is 4. The molecule has 0 saturated carbocycles. The molecule has 0 aliphatic carbocycles. The molecule has 15 heteroatoms. The van der Waals surface area contributed by atoms with Gasteiger partial charge >= 0.3 is 12.9 Å². The summed E-state index contributed by atoms with van der Waals surface area (Å²) in [7, 11) is -4.71. The fourth-order valence-corrected chi connectivity index (χ4v) is 3.78. The molecule has 2 aromatic heterocycles. The lowest BCUT2D eigenvalue weighted by Crippen LogP contribution is -2.36. The van der Waals surface area contributed by atoms with Gasteiger partial charge < -0.3 is 34.8 Å². The van der Waals surface area contributed by atoms with E-state index in [2.05, 4.69) is 25.6 Å². The monoisotopic (exact) mass is 516 g/mol. The first kappa shape index (κ1) is 25.5. The van der Waals surface area contributed by atoms with Crippen molar-refractivity contribution in [1.29, 1.82) is 0 Å². The predicted molar refractivity (Wildman–Crippen MR) is 124 cm³/mol. The highest BCUT2D eigenvalue weighted by molar-refractivity contribution is 7.62. The number of halogens is 1. The van der Waals surface area contributed by atoms with Crippen LogP contribution < -0.4 is 10.6 Å². The number of aliphatic hydroxyl groups is 1. The number of aryl methyl sites for hydroxylation is 1. The Morgan fingerprint density at radius 3 is 2.67 bits per heavy atom. The van der Waals surface area contributed by atoms with Gasteiger partial charge in [-0.25, -0.2) is 4.98 Å². The molecule has 0 amide bonds. The van der Waals surface area contributed by atoms with Crippen molar-refractivity contribution in [3.63, 3.8) is 0 Å². The predicted octanol–water partition coefficient (Wildman–Crippen LogP) is 3.29. The first-order valence-corrected chi connectivity index (χ1v) is 12.5.